The van der Waals surface area contributed by atoms with Crippen LogP contribution in [0, 0.1) is 0 Å². The summed E-state index contributed by atoms with van der Waals surface area (Å²) in [6.45, 7) is 0.650. The Bertz CT molecular complexity index is 837. The molecule has 0 fully saturated rings. The molecule has 0 aliphatic rings. The molecular weight excluding hydrogens is 331 g/mol. The minimum atomic E-state index is -0.491. The Morgan fingerprint density at radius 2 is 1.83 bits per heavy atom. The van der Waals surface area contributed by atoms with Crippen LogP contribution in [0.3, 0.4) is 0 Å². The molecule has 1 atom stereocenters. The van der Waals surface area contributed by atoms with E-state index in [-0.39, 0.29) is 0 Å². The molecule has 3 rings (SSSR count). The highest BCUT2D eigenvalue weighted by Gasteiger charge is 2.12. The van der Waals surface area contributed by atoms with Gasteiger partial charge in [-0.3, -0.25) is 0 Å². The lowest BCUT2D eigenvalue weighted by Gasteiger charge is -2.07. The van der Waals surface area contributed by atoms with E-state index in [1.54, 1.807) is 6.07 Å². The predicted molar refractivity (Wildman–Crippen MR) is 95.2 cm³/mol. The Balaban J connectivity index is 2.01. The summed E-state index contributed by atoms with van der Waals surface area (Å²) in [4.78, 5) is 10.9. The van der Waals surface area contributed by atoms with E-state index in [2.05, 4.69) is 10.6 Å². The average molecular weight is 347 g/mol. The van der Waals surface area contributed by atoms with Crippen LogP contribution in [0.5, 0.6) is 0 Å². The Kier molecular flexibility index (Phi) is 4.71. The van der Waals surface area contributed by atoms with Crippen molar-refractivity contribution >= 4 is 40.4 Å². The van der Waals surface area contributed by atoms with Gasteiger partial charge in [0.05, 0.1) is 6.04 Å². The van der Waals surface area contributed by atoms with Gasteiger partial charge in [0.15, 0.2) is 0 Å². The molecule has 0 unspecified atom stereocenters. The molecule has 0 saturated carbocycles. The lowest BCUT2D eigenvalue weighted by atomic mass is 10.1. The van der Waals surface area contributed by atoms with Gasteiger partial charge in [0.2, 0.25) is 0 Å². The van der Waals surface area contributed by atoms with E-state index in [9.17, 15) is 4.79 Å². The zero-order valence-corrected chi connectivity index (χ0v) is 13.9. The van der Waals surface area contributed by atoms with Crippen molar-refractivity contribution in [2.24, 2.45) is 5.73 Å². The van der Waals surface area contributed by atoms with Gasteiger partial charge < -0.3 is 15.1 Å². The van der Waals surface area contributed by atoms with Crippen molar-refractivity contribution in [1.29, 1.82) is 0 Å². The lowest BCUT2D eigenvalue weighted by molar-refractivity contribution is -0.108. The number of nitrogens with two attached hydrogens (primary N) is 1. The molecule has 3 aromatic rings. The maximum atomic E-state index is 10.9. The fraction of sp³-hybridized carbons (Fsp3) is 0.167. The largest absolute Gasteiger partial charge is 0.343 e. The SMILES string of the molecule is N[C@H](C=O)Cc1cn(Cc2cc(Cl)cc(Cl)c2)c2ccccc12. The smallest absolute Gasteiger partial charge is 0.137 e. The van der Waals surface area contributed by atoms with Crippen molar-refractivity contribution in [2.45, 2.75) is 19.0 Å². The van der Waals surface area contributed by atoms with Gasteiger partial charge in [0.1, 0.15) is 6.29 Å². The van der Waals surface area contributed by atoms with Gasteiger partial charge in [-0.25, -0.2) is 0 Å². The Morgan fingerprint density at radius 1 is 1.13 bits per heavy atom. The molecule has 3 nitrogen and oxygen atoms in total. The summed E-state index contributed by atoms with van der Waals surface area (Å²) in [5.41, 5.74) is 8.97. The number of hydrogen-bond donors (Lipinski definition) is 1. The molecule has 0 spiro atoms. The molecule has 0 amide bonds. The average Bonchev–Trinajstić information content (AvgIpc) is 2.84. The Morgan fingerprint density at radius 3 is 2.52 bits per heavy atom. The second kappa shape index (κ2) is 6.75. The molecule has 5 heteroatoms. The highest BCUT2D eigenvalue weighted by molar-refractivity contribution is 6.34. The molecule has 2 N–H and O–H groups in total. The molecule has 0 aliphatic heterocycles. The molecule has 0 bridgehead atoms. The van der Waals surface area contributed by atoms with Gasteiger partial charge in [-0.1, -0.05) is 41.4 Å². The topological polar surface area (TPSA) is 48.0 Å². The van der Waals surface area contributed by atoms with E-state index < -0.39 is 6.04 Å². The van der Waals surface area contributed by atoms with Gasteiger partial charge in [-0.15, -0.1) is 0 Å². The van der Waals surface area contributed by atoms with E-state index in [4.69, 9.17) is 28.9 Å². The molecule has 2 aromatic carbocycles. The summed E-state index contributed by atoms with van der Waals surface area (Å²) < 4.78 is 2.13. The molecule has 1 aromatic heterocycles. The first-order chi connectivity index (χ1) is 11.1. The van der Waals surface area contributed by atoms with Crippen molar-refractivity contribution in [3.05, 3.63) is 69.8 Å². The highest BCUT2D eigenvalue weighted by Crippen LogP contribution is 2.25. The maximum absolute atomic E-state index is 10.9. The number of nitrogens with zero attached hydrogens (tertiary/aromatic N) is 1. The van der Waals surface area contributed by atoms with Crippen LogP contribution in [0.25, 0.3) is 10.9 Å². The molecule has 0 aliphatic carbocycles. The second-order valence-electron chi connectivity index (χ2n) is 5.58. The van der Waals surface area contributed by atoms with Crippen molar-refractivity contribution in [3.8, 4) is 0 Å². The third kappa shape index (κ3) is 3.58. The first-order valence-corrected chi connectivity index (χ1v) is 8.05. The maximum Gasteiger partial charge on any atom is 0.137 e. The summed E-state index contributed by atoms with van der Waals surface area (Å²) in [5.74, 6) is 0. The van der Waals surface area contributed by atoms with E-state index >= 15 is 0 Å². The number of carbonyl (C=O) groups excluding carboxylic acids is 1. The third-order valence-electron chi connectivity index (χ3n) is 3.78. The van der Waals surface area contributed by atoms with Crippen molar-refractivity contribution in [1.82, 2.24) is 4.57 Å². The highest BCUT2D eigenvalue weighted by atomic mass is 35.5. The summed E-state index contributed by atoms with van der Waals surface area (Å²) >= 11 is 12.2. The van der Waals surface area contributed by atoms with Crippen LogP contribution in [0.4, 0.5) is 0 Å². The molecular formula is C18H16Cl2N2O. The van der Waals surface area contributed by atoms with Gasteiger partial charge in [-0.2, -0.15) is 0 Å². The van der Waals surface area contributed by atoms with E-state index in [1.165, 1.54) is 0 Å². The number of carbonyl (C=O) groups is 1. The summed E-state index contributed by atoms with van der Waals surface area (Å²) in [6.07, 6.45) is 3.35. The van der Waals surface area contributed by atoms with Crippen LogP contribution in [-0.2, 0) is 17.8 Å². The second-order valence-corrected chi connectivity index (χ2v) is 6.45. The Labute approximate surface area is 144 Å². The van der Waals surface area contributed by atoms with Crippen LogP contribution in [-0.4, -0.2) is 16.9 Å². The molecule has 1 heterocycles. The van der Waals surface area contributed by atoms with Crippen molar-refractivity contribution < 1.29 is 4.79 Å². The van der Waals surface area contributed by atoms with E-state index in [1.807, 2.05) is 36.5 Å². The minimum absolute atomic E-state index is 0.491. The first-order valence-electron chi connectivity index (χ1n) is 7.29. The van der Waals surface area contributed by atoms with Gasteiger partial charge in [-0.05, 0) is 41.8 Å². The zero-order valence-electron chi connectivity index (χ0n) is 12.4. The van der Waals surface area contributed by atoms with E-state index in [0.717, 1.165) is 28.3 Å². The van der Waals surface area contributed by atoms with Gasteiger partial charge in [0.25, 0.3) is 0 Å². The van der Waals surface area contributed by atoms with Crippen LogP contribution in [0.1, 0.15) is 11.1 Å². The predicted octanol–water partition coefficient (Wildman–Crippen LogP) is 4.07. The zero-order chi connectivity index (χ0) is 16.4. The number of hydrogen-bond acceptors (Lipinski definition) is 2. The van der Waals surface area contributed by atoms with Gasteiger partial charge in [0, 0.05) is 33.7 Å². The van der Waals surface area contributed by atoms with Gasteiger partial charge >= 0.3 is 0 Å². The number of fused-ring (bicyclic) bond motifs is 1. The normalized spacial score (nSPS) is 12.5. The molecule has 118 valence electrons. The monoisotopic (exact) mass is 346 g/mol. The summed E-state index contributed by atoms with van der Waals surface area (Å²) in [5, 5.41) is 2.34. The molecule has 23 heavy (non-hydrogen) atoms. The standard InChI is InChI=1S/C18H16Cl2N2O/c19-14-5-12(6-15(20)8-14)9-22-10-13(7-16(21)11-23)17-3-1-2-4-18(17)22/h1-6,8,10-11,16H,7,9,21H2/t16-/m0/s1. The van der Waals surface area contributed by atoms with Crippen molar-refractivity contribution in [3.63, 3.8) is 0 Å². The summed E-state index contributed by atoms with van der Waals surface area (Å²) in [6, 6.07) is 13.1. The molecule has 0 saturated heterocycles. The fourth-order valence-electron chi connectivity index (χ4n) is 2.82. The summed E-state index contributed by atoms with van der Waals surface area (Å²) in [7, 11) is 0. The third-order valence-corrected chi connectivity index (χ3v) is 4.21. The van der Waals surface area contributed by atoms with E-state index in [0.29, 0.717) is 23.0 Å². The number of rotatable bonds is 5. The number of aromatic nitrogens is 1. The van der Waals surface area contributed by atoms with Crippen LogP contribution in [0.2, 0.25) is 10.0 Å². The number of para-hydroxylation sites is 1. The Hall–Kier alpha value is -1.81. The van der Waals surface area contributed by atoms with Crippen LogP contribution < -0.4 is 5.73 Å². The van der Waals surface area contributed by atoms with Crippen LogP contribution >= 0.6 is 23.2 Å². The fourth-order valence-corrected chi connectivity index (χ4v) is 3.39. The number of aldehydes is 1. The lowest BCUT2D eigenvalue weighted by Crippen LogP contribution is -2.23. The minimum Gasteiger partial charge on any atom is -0.343 e. The number of halogens is 2. The first kappa shape index (κ1) is 16.1. The van der Waals surface area contributed by atoms with Crippen LogP contribution in [0.15, 0.2) is 48.7 Å². The quantitative estimate of drug-likeness (QED) is 0.708. The van der Waals surface area contributed by atoms with Crippen molar-refractivity contribution in [2.75, 3.05) is 0 Å². The molecule has 0 radical (unpaired) electrons. The number of benzene rings is 2.